The molecule has 0 aliphatic carbocycles. The molecule has 0 saturated heterocycles. The van der Waals surface area contributed by atoms with Crippen molar-refractivity contribution >= 4 is 11.7 Å². The van der Waals surface area contributed by atoms with Gasteiger partial charge in [-0.25, -0.2) is 4.79 Å². The van der Waals surface area contributed by atoms with Crippen LogP contribution in [0.5, 0.6) is 0 Å². The van der Waals surface area contributed by atoms with E-state index >= 15 is 0 Å². The van der Waals surface area contributed by atoms with Crippen molar-refractivity contribution in [2.24, 2.45) is 0 Å². The fourth-order valence-corrected chi connectivity index (χ4v) is 2.39. The number of nitrogens with one attached hydrogen (secondary N) is 1. The topological polar surface area (TPSA) is 38.3 Å². The number of hydrogen-bond acceptors (Lipinski definition) is 3. The van der Waals surface area contributed by atoms with E-state index in [1.54, 1.807) is 0 Å². The minimum atomic E-state index is -0.274. The van der Waals surface area contributed by atoms with E-state index in [1.165, 1.54) is 5.56 Å². The summed E-state index contributed by atoms with van der Waals surface area (Å²) in [6.45, 7) is 1.28. The number of rotatable bonds is 3. The summed E-state index contributed by atoms with van der Waals surface area (Å²) in [6, 6.07) is 15.5. The number of esters is 1. The zero-order valence-electron chi connectivity index (χ0n) is 11.3. The molecule has 2 aromatic rings. The number of carbonyl (C=O) groups is 1. The van der Waals surface area contributed by atoms with Crippen LogP contribution in [0.2, 0.25) is 0 Å². The Balaban J connectivity index is 1.68. The molecule has 0 saturated carbocycles. The highest BCUT2D eigenvalue weighted by atomic mass is 16.5. The van der Waals surface area contributed by atoms with Gasteiger partial charge >= 0.3 is 5.97 Å². The van der Waals surface area contributed by atoms with Gasteiger partial charge < -0.3 is 10.1 Å². The predicted molar refractivity (Wildman–Crippen MR) is 78.8 cm³/mol. The summed E-state index contributed by atoms with van der Waals surface area (Å²) >= 11 is 0. The van der Waals surface area contributed by atoms with Crippen LogP contribution >= 0.6 is 0 Å². The SMILES string of the molecule is O=C(OCc1ccccc1)c1ccc2c(c1)NCCC2. The number of carbonyl (C=O) groups excluding carboxylic acids is 1. The van der Waals surface area contributed by atoms with Crippen LogP contribution in [-0.4, -0.2) is 12.5 Å². The van der Waals surface area contributed by atoms with Crippen molar-refractivity contribution in [1.29, 1.82) is 0 Å². The summed E-state index contributed by atoms with van der Waals surface area (Å²) in [5.74, 6) is -0.274. The molecule has 0 bridgehead atoms. The van der Waals surface area contributed by atoms with Gasteiger partial charge in [0.25, 0.3) is 0 Å². The van der Waals surface area contributed by atoms with Crippen LogP contribution in [0.4, 0.5) is 5.69 Å². The Labute approximate surface area is 118 Å². The zero-order chi connectivity index (χ0) is 13.8. The van der Waals surface area contributed by atoms with Crippen molar-refractivity contribution in [3.63, 3.8) is 0 Å². The summed E-state index contributed by atoms with van der Waals surface area (Å²) in [5, 5.41) is 3.32. The molecule has 0 radical (unpaired) electrons. The quantitative estimate of drug-likeness (QED) is 0.866. The molecule has 3 rings (SSSR count). The van der Waals surface area contributed by atoms with Gasteiger partial charge in [0, 0.05) is 12.2 Å². The molecule has 0 fully saturated rings. The molecule has 0 spiro atoms. The average Bonchev–Trinajstić information content (AvgIpc) is 2.53. The van der Waals surface area contributed by atoms with Crippen LogP contribution in [0.25, 0.3) is 0 Å². The van der Waals surface area contributed by atoms with E-state index in [9.17, 15) is 4.79 Å². The Kier molecular flexibility index (Phi) is 3.68. The van der Waals surface area contributed by atoms with Crippen LogP contribution in [0.15, 0.2) is 48.5 Å². The Morgan fingerprint density at radius 2 is 2.00 bits per heavy atom. The van der Waals surface area contributed by atoms with Crippen molar-refractivity contribution in [3.05, 3.63) is 65.2 Å². The molecule has 1 aliphatic heterocycles. The van der Waals surface area contributed by atoms with E-state index in [-0.39, 0.29) is 5.97 Å². The lowest BCUT2D eigenvalue weighted by atomic mass is 10.0. The fourth-order valence-electron chi connectivity index (χ4n) is 2.39. The standard InChI is InChI=1S/C17H17NO2/c19-17(20-12-13-5-2-1-3-6-13)15-9-8-14-7-4-10-18-16(14)11-15/h1-3,5-6,8-9,11,18H,4,7,10,12H2. The number of benzene rings is 2. The Hall–Kier alpha value is -2.29. The lowest BCUT2D eigenvalue weighted by molar-refractivity contribution is 0.0473. The maximum Gasteiger partial charge on any atom is 0.338 e. The van der Waals surface area contributed by atoms with Crippen LogP contribution in [0.1, 0.15) is 27.9 Å². The Morgan fingerprint density at radius 3 is 2.85 bits per heavy atom. The van der Waals surface area contributed by atoms with Gasteiger partial charge in [0.15, 0.2) is 0 Å². The number of aryl methyl sites for hydroxylation is 1. The van der Waals surface area contributed by atoms with E-state index in [0.717, 1.165) is 30.6 Å². The lowest BCUT2D eigenvalue weighted by Gasteiger charge is -2.18. The van der Waals surface area contributed by atoms with Gasteiger partial charge in [-0.2, -0.15) is 0 Å². The maximum absolute atomic E-state index is 12.1. The molecule has 0 aromatic heterocycles. The molecule has 0 atom stereocenters. The molecule has 1 heterocycles. The zero-order valence-corrected chi connectivity index (χ0v) is 11.3. The van der Waals surface area contributed by atoms with Gasteiger partial charge in [0.05, 0.1) is 5.56 Å². The second-order valence-electron chi connectivity index (χ2n) is 4.96. The summed E-state index contributed by atoms with van der Waals surface area (Å²) in [4.78, 5) is 12.1. The smallest absolute Gasteiger partial charge is 0.338 e. The van der Waals surface area contributed by atoms with Gasteiger partial charge in [-0.1, -0.05) is 36.4 Å². The number of hydrogen-bond donors (Lipinski definition) is 1. The average molecular weight is 267 g/mol. The normalized spacial score (nSPS) is 13.2. The minimum Gasteiger partial charge on any atom is -0.457 e. The minimum absolute atomic E-state index is 0.274. The van der Waals surface area contributed by atoms with Crippen molar-refractivity contribution in [1.82, 2.24) is 0 Å². The van der Waals surface area contributed by atoms with Crippen molar-refractivity contribution in [2.75, 3.05) is 11.9 Å². The van der Waals surface area contributed by atoms with Gasteiger partial charge in [0.2, 0.25) is 0 Å². The fraction of sp³-hybridized carbons (Fsp3) is 0.235. The Bertz CT molecular complexity index is 608. The van der Waals surface area contributed by atoms with Gasteiger partial charge in [-0.05, 0) is 36.1 Å². The monoisotopic (exact) mass is 267 g/mol. The first kappa shape index (κ1) is 12.7. The van der Waals surface area contributed by atoms with Crippen LogP contribution in [0, 0.1) is 0 Å². The van der Waals surface area contributed by atoms with E-state index in [2.05, 4.69) is 5.32 Å². The first-order valence-electron chi connectivity index (χ1n) is 6.91. The maximum atomic E-state index is 12.1. The predicted octanol–water partition coefficient (Wildman–Crippen LogP) is 3.40. The number of ether oxygens (including phenoxy) is 1. The number of fused-ring (bicyclic) bond motifs is 1. The first-order valence-corrected chi connectivity index (χ1v) is 6.91. The van der Waals surface area contributed by atoms with Crippen molar-refractivity contribution in [2.45, 2.75) is 19.4 Å². The molecule has 102 valence electrons. The molecule has 1 aliphatic rings. The highest BCUT2D eigenvalue weighted by Gasteiger charge is 2.13. The van der Waals surface area contributed by atoms with E-state index in [4.69, 9.17) is 4.74 Å². The second kappa shape index (κ2) is 5.78. The van der Waals surface area contributed by atoms with Gasteiger partial charge in [0.1, 0.15) is 6.61 Å². The summed E-state index contributed by atoms with van der Waals surface area (Å²) in [5.41, 5.74) is 3.94. The molecule has 0 amide bonds. The summed E-state index contributed by atoms with van der Waals surface area (Å²) in [7, 11) is 0. The third-order valence-electron chi connectivity index (χ3n) is 3.50. The highest BCUT2D eigenvalue weighted by Crippen LogP contribution is 2.23. The molecule has 3 nitrogen and oxygen atoms in total. The Morgan fingerprint density at radius 1 is 1.15 bits per heavy atom. The van der Waals surface area contributed by atoms with Gasteiger partial charge in [-0.15, -0.1) is 0 Å². The molecular formula is C17H17NO2. The highest BCUT2D eigenvalue weighted by molar-refractivity contribution is 5.91. The molecule has 0 unspecified atom stereocenters. The molecule has 2 aromatic carbocycles. The summed E-state index contributed by atoms with van der Waals surface area (Å²) < 4.78 is 5.34. The van der Waals surface area contributed by atoms with Gasteiger partial charge in [-0.3, -0.25) is 0 Å². The summed E-state index contributed by atoms with van der Waals surface area (Å²) in [6.07, 6.45) is 2.21. The first-order chi connectivity index (χ1) is 9.83. The van der Waals surface area contributed by atoms with Crippen LogP contribution in [-0.2, 0) is 17.8 Å². The largest absolute Gasteiger partial charge is 0.457 e. The number of anilines is 1. The third-order valence-corrected chi connectivity index (χ3v) is 3.50. The molecule has 1 N–H and O–H groups in total. The second-order valence-corrected chi connectivity index (χ2v) is 4.96. The van der Waals surface area contributed by atoms with Crippen LogP contribution in [0.3, 0.4) is 0 Å². The molecular weight excluding hydrogens is 250 g/mol. The van der Waals surface area contributed by atoms with Crippen molar-refractivity contribution in [3.8, 4) is 0 Å². The van der Waals surface area contributed by atoms with Crippen molar-refractivity contribution < 1.29 is 9.53 Å². The lowest BCUT2D eigenvalue weighted by Crippen LogP contribution is -2.13. The molecule has 20 heavy (non-hydrogen) atoms. The van der Waals surface area contributed by atoms with E-state index < -0.39 is 0 Å². The van der Waals surface area contributed by atoms with E-state index in [1.807, 2.05) is 48.5 Å². The molecule has 3 heteroatoms. The van der Waals surface area contributed by atoms with Crippen LogP contribution < -0.4 is 5.32 Å². The van der Waals surface area contributed by atoms with E-state index in [0.29, 0.717) is 12.2 Å². The third kappa shape index (κ3) is 2.82.